The van der Waals surface area contributed by atoms with Crippen molar-refractivity contribution >= 4 is 27.5 Å². The van der Waals surface area contributed by atoms with Gasteiger partial charge in [0.05, 0.1) is 15.5 Å². The van der Waals surface area contributed by atoms with E-state index in [9.17, 15) is 13.2 Å². The average molecular weight is 340 g/mol. The summed E-state index contributed by atoms with van der Waals surface area (Å²) in [6.45, 7) is 0.395. The number of benzene rings is 1. The largest absolute Gasteiger partial charge is 0.352 e. The quantitative estimate of drug-likeness (QED) is 0.858. The van der Waals surface area contributed by atoms with Gasteiger partial charge in [-0.05, 0) is 30.2 Å². The van der Waals surface area contributed by atoms with Gasteiger partial charge in [-0.3, -0.25) is 9.78 Å². The summed E-state index contributed by atoms with van der Waals surface area (Å²) in [5.74, 6) is -0.284. The highest BCUT2D eigenvalue weighted by Gasteiger charge is 2.10. The smallest absolute Gasteiger partial charge is 0.252 e. The van der Waals surface area contributed by atoms with Gasteiger partial charge in [-0.1, -0.05) is 23.7 Å². The van der Waals surface area contributed by atoms with Crippen molar-refractivity contribution in [3.63, 3.8) is 0 Å². The van der Waals surface area contributed by atoms with Gasteiger partial charge >= 0.3 is 0 Å². The lowest BCUT2D eigenvalue weighted by molar-refractivity contribution is 0.0954. The number of pyridine rings is 1. The van der Waals surface area contributed by atoms with Gasteiger partial charge in [0, 0.05) is 18.9 Å². The molecule has 0 radical (unpaired) electrons. The number of nitrogens with one attached hydrogen (secondary N) is 1. The van der Waals surface area contributed by atoms with Crippen LogP contribution in [0.15, 0.2) is 47.6 Å². The molecule has 2 rings (SSSR count). The summed E-state index contributed by atoms with van der Waals surface area (Å²) in [6, 6.07) is 7.73. The van der Waals surface area contributed by atoms with Crippen molar-refractivity contribution in [3.05, 3.63) is 58.9 Å². The van der Waals surface area contributed by atoms with Crippen LogP contribution in [0.2, 0.25) is 5.02 Å². The summed E-state index contributed by atoms with van der Waals surface area (Å²) in [5, 5.41) is 8.05. The molecule has 0 spiro atoms. The zero-order valence-corrected chi connectivity index (χ0v) is 13.1. The SMILES string of the molecule is NS(=O)(=O)c1ccc(CCNC(=O)c2ccncc2Cl)cc1. The highest BCUT2D eigenvalue weighted by molar-refractivity contribution is 7.89. The van der Waals surface area contributed by atoms with Gasteiger partial charge in [-0.2, -0.15) is 0 Å². The number of rotatable bonds is 5. The number of aromatic nitrogens is 1. The average Bonchev–Trinajstić information content (AvgIpc) is 2.47. The highest BCUT2D eigenvalue weighted by Crippen LogP contribution is 2.13. The minimum atomic E-state index is -3.68. The van der Waals surface area contributed by atoms with Crippen LogP contribution < -0.4 is 10.5 Å². The fraction of sp³-hybridized carbons (Fsp3) is 0.143. The summed E-state index contributed by atoms with van der Waals surface area (Å²) < 4.78 is 22.3. The fourth-order valence-corrected chi connectivity index (χ4v) is 2.54. The van der Waals surface area contributed by atoms with Gasteiger partial charge in [0.1, 0.15) is 0 Å². The molecule has 0 bridgehead atoms. The maximum Gasteiger partial charge on any atom is 0.252 e. The Morgan fingerprint density at radius 1 is 1.23 bits per heavy atom. The Morgan fingerprint density at radius 2 is 1.91 bits per heavy atom. The predicted octanol–water partition coefficient (Wildman–Crippen LogP) is 1.35. The number of amides is 1. The van der Waals surface area contributed by atoms with Crippen LogP contribution in [-0.4, -0.2) is 25.9 Å². The number of carbonyl (C=O) groups excluding carboxylic acids is 1. The van der Waals surface area contributed by atoms with Crippen molar-refractivity contribution in [3.8, 4) is 0 Å². The van der Waals surface area contributed by atoms with Crippen LogP contribution >= 0.6 is 11.6 Å². The summed E-state index contributed by atoms with van der Waals surface area (Å²) in [7, 11) is -3.68. The molecular weight excluding hydrogens is 326 g/mol. The molecule has 116 valence electrons. The number of hydrogen-bond donors (Lipinski definition) is 2. The van der Waals surface area contributed by atoms with Crippen molar-refractivity contribution < 1.29 is 13.2 Å². The predicted molar refractivity (Wildman–Crippen MR) is 83.1 cm³/mol. The molecule has 1 aromatic carbocycles. The second kappa shape index (κ2) is 6.87. The van der Waals surface area contributed by atoms with Crippen molar-refractivity contribution in [1.29, 1.82) is 0 Å². The lowest BCUT2D eigenvalue weighted by Crippen LogP contribution is -2.26. The van der Waals surface area contributed by atoms with Crippen molar-refractivity contribution in [1.82, 2.24) is 10.3 Å². The molecule has 22 heavy (non-hydrogen) atoms. The standard InChI is InChI=1S/C14H14ClN3O3S/c15-13-9-17-7-6-12(13)14(19)18-8-5-10-1-3-11(4-2-10)22(16,20)21/h1-4,6-7,9H,5,8H2,(H,18,19)(H2,16,20,21). The summed E-state index contributed by atoms with van der Waals surface area (Å²) in [5.41, 5.74) is 1.25. The molecule has 0 aliphatic carbocycles. The van der Waals surface area contributed by atoms with E-state index >= 15 is 0 Å². The Morgan fingerprint density at radius 3 is 2.50 bits per heavy atom. The van der Waals surface area contributed by atoms with Crippen molar-refractivity contribution in [2.75, 3.05) is 6.54 Å². The Labute approximate surface area is 133 Å². The van der Waals surface area contributed by atoms with Crippen LogP contribution in [0.5, 0.6) is 0 Å². The molecule has 0 fully saturated rings. The molecule has 0 aliphatic heterocycles. The van der Waals surface area contributed by atoms with Crippen LogP contribution in [0, 0.1) is 0 Å². The molecule has 0 saturated carbocycles. The van der Waals surface area contributed by atoms with E-state index in [1.807, 2.05) is 0 Å². The third-order valence-corrected chi connectivity index (χ3v) is 4.20. The van der Waals surface area contributed by atoms with Gasteiger partial charge < -0.3 is 5.32 Å². The first-order valence-corrected chi connectivity index (χ1v) is 8.30. The Bertz CT molecular complexity index is 776. The molecule has 1 heterocycles. The molecule has 0 atom stereocenters. The van der Waals surface area contributed by atoms with Crippen LogP contribution in [0.4, 0.5) is 0 Å². The molecular formula is C14H14ClN3O3S. The molecule has 0 saturated heterocycles. The minimum absolute atomic E-state index is 0.0591. The highest BCUT2D eigenvalue weighted by atomic mass is 35.5. The molecule has 2 aromatic rings. The second-order valence-electron chi connectivity index (χ2n) is 4.55. The van der Waals surface area contributed by atoms with Gasteiger partial charge in [-0.25, -0.2) is 13.6 Å². The number of carbonyl (C=O) groups is 1. The Kier molecular flexibility index (Phi) is 5.12. The topological polar surface area (TPSA) is 102 Å². The van der Waals surface area contributed by atoms with E-state index < -0.39 is 10.0 Å². The lowest BCUT2D eigenvalue weighted by Gasteiger charge is -2.07. The first kappa shape index (κ1) is 16.4. The fourth-order valence-electron chi connectivity index (χ4n) is 1.82. The molecule has 0 aliphatic rings. The van der Waals surface area contributed by atoms with Crippen LogP contribution in [0.1, 0.15) is 15.9 Å². The zero-order valence-electron chi connectivity index (χ0n) is 11.5. The molecule has 8 heteroatoms. The number of hydrogen-bond acceptors (Lipinski definition) is 4. The molecule has 1 amide bonds. The number of nitrogens with two attached hydrogens (primary N) is 1. The van der Waals surface area contributed by atoms with Crippen LogP contribution in [0.3, 0.4) is 0 Å². The Balaban J connectivity index is 1.92. The molecule has 0 unspecified atom stereocenters. The second-order valence-corrected chi connectivity index (χ2v) is 6.52. The normalized spacial score (nSPS) is 11.2. The third-order valence-electron chi connectivity index (χ3n) is 2.97. The van der Waals surface area contributed by atoms with Crippen LogP contribution in [-0.2, 0) is 16.4 Å². The summed E-state index contributed by atoms with van der Waals surface area (Å²) >= 11 is 5.88. The first-order valence-electron chi connectivity index (χ1n) is 6.37. The van der Waals surface area contributed by atoms with E-state index in [1.165, 1.54) is 24.5 Å². The lowest BCUT2D eigenvalue weighted by atomic mass is 10.1. The molecule has 6 nitrogen and oxygen atoms in total. The van der Waals surface area contributed by atoms with Gasteiger partial charge in [0.2, 0.25) is 10.0 Å². The maximum absolute atomic E-state index is 11.9. The van der Waals surface area contributed by atoms with Crippen molar-refractivity contribution in [2.45, 2.75) is 11.3 Å². The number of halogens is 1. The van der Waals surface area contributed by atoms with E-state index in [-0.39, 0.29) is 15.8 Å². The van der Waals surface area contributed by atoms with Crippen molar-refractivity contribution in [2.24, 2.45) is 5.14 Å². The monoisotopic (exact) mass is 339 g/mol. The minimum Gasteiger partial charge on any atom is -0.352 e. The molecule has 3 N–H and O–H groups in total. The number of nitrogens with zero attached hydrogens (tertiary/aromatic N) is 1. The van der Waals surface area contributed by atoms with E-state index in [1.54, 1.807) is 18.2 Å². The van der Waals surface area contributed by atoms with Gasteiger partial charge in [-0.15, -0.1) is 0 Å². The first-order chi connectivity index (χ1) is 10.4. The van der Waals surface area contributed by atoms with E-state index in [0.29, 0.717) is 18.5 Å². The molecule has 1 aromatic heterocycles. The van der Waals surface area contributed by atoms with E-state index in [2.05, 4.69) is 10.3 Å². The number of sulfonamides is 1. The van der Waals surface area contributed by atoms with E-state index in [4.69, 9.17) is 16.7 Å². The van der Waals surface area contributed by atoms with Crippen LogP contribution in [0.25, 0.3) is 0 Å². The number of primary sulfonamides is 1. The van der Waals surface area contributed by atoms with Gasteiger partial charge in [0.15, 0.2) is 0 Å². The van der Waals surface area contributed by atoms with E-state index in [0.717, 1.165) is 5.56 Å². The maximum atomic E-state index is 11.9. The Hall–Kier alpha value is -1.96. The zero-order chi connectivity index (χ0) is 16.2. The summed E-state index contributed by atoms with van der Waals surface area (Å²) in [6.07, 6.45) is 3.45. The third kappa shape index (κ3) is 4.27. The van der Waals surface area contributed by atoms with Gasteiger partial charge in [0.25, 0.3) is 5.91 Å². The summed E-state index contributed by atoms with van der Waals surface area (Å²) in [4.78, 5) is 15.8.